The molecule has 10 heteroatoms. The lowest BCUT2D eigenvalue weighted by Crippen LogP contribution is -2.31. The first kappa shape index (κ1) is 22.4. The fourth-order valence-corrected chi connectivity index (χ4v) is 4.94. The first-order valence-electron chi connectivity index (χ1n) is 9.45. The highest BCUT2D eigenvalue weighted by molar-refractivity contribution is 7.92. The van der Waals surface area contributed by atoms with Gasteiger partial charge in [0.1, 0.15) is 0 Å². The number of rotatable bonds is 9. The summed E-state index contributed by atoms with van der Waals surface area (Å²) in [6.07, 6.45) is 0.191. The zero-order valence-corrected chi connectivity index (χ0v) is 18.4. The monoisotopic (exact) mass is 459 g/mol. The van der Waals surface area contributed by atoms with E-state index in [4.69, 9.17) is 0 Å². The van der Waals surface area contributed by atoms with Crippen molar-refractivity contribution in [2.45, 2.75) is 24.8 Å². The minimum Gasteiger partial charge on any atom is -0.338 e. The van der Waals surface area contributed by atoms with Gasteiger partial charge in [0.2, 0.25) is 5.91 Å². The quantitative estimate of drug-likeness (QED) is 0.383. The molecule has 0 aliphatic carbocycles. The van der Waals surface area contributed by atoms with E-state index in [1.807, 2.05) is 24.4 Å². The number of carbonyl (C=O) groups excluding carboxylic acids is 1. The number of para-hydroxylation sites is 1. The Morgan fingerprint density at radius 1 is 1.10 bits per heavy atom. The smallest absolute Gasteiger partial charge is 0.289 e. The molecule has 8 nitrogen and oxygen atoms in total. The van der Waals surface area contributed by atoms with Gasteiger partial charge >= 0.3 is 0 Å². The van der Waals surface area contributed by atoms with Gasteiger partial charge in [-0.1, -0.05) is 30.3 Å². The molecule has 0 saturated carbocycles. The van der Waals surface area contributed by atoms with Gasteiger partial charge in [0, 0.05) is 23.2 Å². The maximum atomic E-state index is 12.6. The van der Waals surface area contributed by atoms with Crippen LogP contribution < -0.4 is 4.72 Å². The zero-order chi connectivity index (χ0) is 22.4. The predicted octanol–water partition coefficient (Wildman–Crippen LogP) is 4.05. The molecule has 3 rings (SSSR count). The largest absolute Gasteiger partial charge is 0.338 e. The number of nitrogens with zero attached hydrogens (tertiary/aromatic N) is 2. The van der Waals surface area contributed by atoms with Crippen molar-refractivity contribution >= 4 is 38.6 Å². The van der Waals surface area contributed by atoms with E-state index in [0.29, 0.717) is 13.1 Å². The Hall–Kier alpha value is -3.24. The molecule has 1 amide bonds. The summed E-state index contributed by atoms with van der Waals surface area (Å²) in [7, 11) is -4.14. The molecule has 0 unspecified atom stereocenters. The molecule has 0 bridgehead atoms. The summed E-state index contributed by atoms with van der Waals surface area (Å²) < 4.78 is 27.5. The molecule has 1 N–H and O–H groups in total. The molecule has 0 spiro atoms. The van der Waals surface area contributed by atoms with Crippen molar-refractivity contribution < 1.29 is 18.1 Å². The summed E-state index contributed by atoms with van der Waals surface area (Å²) >= 11 is 1.60. The number of likely N-dealkylation sites (N-methyl/N-ethyl adjacent to an activating group) is 1. The lowest BCUT2D eigenvalue weighted by molar-refractivity contribution is -0.387. The van der Waals surface area contributed by atoms with Crippen LogP contribution in [0.25, 0.3) is 0 Å². The number of sulfonamides is 1. The second-order valence-electron chi connectivity index (χ2n) is 6.69. The first-order chi connectivity index (χ1) is 14.8. The fourth-order valence-electron chi connectivity index (χ4n) is 2.99. The Balaban J connectivity index is 1.69. The molecule has 0 fully saturated rings. The van der Waals surface area contributed by atoms with E-state index in [2.05, 4.69) is 4.72 Å². The van der Waals surface area contributed by atoms with Gasteiger partial charge in [-0.05, 0) is 42.1 Å². The van der Waals surface area contributed by atoms with Gasteiger partial charge in [-0.3, -0.25) is 19.6 Å². The maximum Gasteiger partial charge on any atom is 0.289 e. The highest BCUT2D eigenvalue weighted by Gasteiger charge is 2.25. The standard InChI is InChI=1S/C21H21N3O5S2/c1-2-23(15-18-6-5-13-30-18)21(25)14-16-9-11-17(12-10-16)22-31(28,29)20-8-4-3-7-19(20)24(26)27/h3-13,22H,2,14-15H2,1H3. The Kier molecular flexibility index (Phi) is 7.03. The van der Waals surface area contributed by atoms with Crippen molar-refractivity contribution in [3.63, 3.8) is 0 Å². The summed E-state index contributed by atoms with van der Waals surface area (Å²) in [5, 5.41) is 13.1. The van der Waals surface area contributed by atoms with Crippen LogP contribution in [0.15, 0.2) is 70.9 Å². The Morgan fingerprint density at radius 3 is 2.42 bits per heavy atom. The van der Waals surface area contributed by atoms with Crippen LogP contribution in [0.3, 0.4) is 0 Å². The minimum atomic E-state index is -4.14. The summed E-state index contributed by atoms with van der Waals surface area (Å²) in [6.45, 7) is 3.07. The van der Waals surface area contributed by atoms with Crippen LogP contribution in [0.2, 0.25) is 0 Å². The normalized spacial score (nSPS) is 11.1. The van der Waals surface area contributed by atoms with E-state index in [0.717, 1.165) is 16.5 Å². The van der Waals surface area contributed by atoms with Crippen molar-refractivity contribution in [1.29, 1.82) is 0 Å². The molecule has 162 valence electrons. The van der Waals surface area contributed by atoms with Crippen LogP contribution in [0.5, 0.6) is 0 Å². The Labute approximate surface area is 184 Å². The van der Waals surface area contributed by atoms with E-state index >= 15 is 0 Å². The van der Waals surface area contributed by atoms with E-state index in [9.17, 15) is 23.3 Å². The number of hydrogen-bond donors (Lipinski definition) is 1. The van der Waals surface area contributed by atoms with Crippen LogP contribution in [0, 0.1) is 10.1 Å². The van der Waals surface area contributed by atoms with Gasteiger partial charge in [-0.2, -0.15) is 0 Å². The van der Waals surface area contributed by atoms with Crippen molar-refractivity contribution in [2.24, 2.45) is 0 Å². The molecule has 2 aromatic carbocycles. The third-order valence-electron chi connectivity index (χ3n) is 4.57. The van der Waals surface area contributed by atoms with Crippen molar-refractivity contribution in [1.82, 2.24) is 4.90 Å². The first-order valence-corrected chi connectivity index (χ1v) is 11.8. The number of benzene rings is 2. The molecule has 0 aliphatic rings. The zero-order valence-electron chi connectivity index (χ0n) is 16.7. The van der Waals surface area contributed by atoms with Gasteiger partial charge in [0.05, 0.1) is 17.9 Å². The molecular weight excluding hydrogens is 438 g/mol. The van der Waals surface area contributed by atoms with Gasteiger partial charge in [-0.15, -0.1) is 11.3 Å². The van der Waals surface area contributed by atoms with Gasteiger partial charge < -0.3 is 4.90 Å². The molecule has 0 aliphatic heterocycles. The predicted molar refractivity (Wildman–Crippen MR) is 119 cm³/mol. The van der Waals surface area contributed by atoms with Crippen LogP contribution in [0.4, 0.5) is 11.4 Å². The molecule has 1 aromatic heterocycles. The van der Waals surface area contributed by atoms with Gasteiger partial charge in [0.15, 0.2) is 4.90 Å². The summed E-state index contributed by atoms with van der Waals surface area (Å²) in [5.74, 6) is -0.0239. The second kappa shape index (κ2) is 9.71. The van der Waals surface area contributed by atoms with Crippen LogP contribution >= 0.6 is 11.3 Å². The molecule has 0 atom stereocenters. The highest BCUT2D eigenvalue weighted by atomic mass is 32.2. The Morgan fingerprint density at radius 2 is 1.81 bits per heavy atom. The van der Waals surface area contributed by atoms with Gasteiger partial charge in [0.25, 0.3) is 15.7 Å². The number of hydrogen-bond acceptors (Lipinski definition) is 6. The second-order valence-corrected chi connectivity index (χ2v) is 9.37. The van der Waals surface area contributed by atoms with Crippen LogP contribution in [-0.4, -0.2) is 30.7 Å². The molecular formula is C21H21N3O5S2. The van der Waals surface area contributed by atoms with Crippen molar-refractivity contribution in [3.8, 4) is 0 Å². The van der Waals surface area contributed by atoms with Crippen molar-refractivity contribution in [2.75, 3.05) is 11.3 Å². The topological polar surface area (TPSA) is 110 Å². The average molecular weight is 460 g/mol. The Bertz CT molecular complexity index is 1160. The summed E-state index contributed by atoms with van der Waals surface area (Å²) in [6, 6.07) is 15.5. The fraction of sp³-hybridized carbons (Fsp3) is 0.190. The highest BCUT2D eigenvalue weighted by Crippen LogP contribution is 2.25. The number of amides is 1. The van der Waals surface area contributed by atoms with E-state index in [1.54, 1.807) is 28.4 Å². The molecule has 31 heavy (non-hydrogen) atoms. The van der Waals surface area contributed by atoms with Gasteiger partial charge in [-0.25, -0.2) is 8.42 Å². The maximum absolute atomic E-state index is 12.6. The molecule has 1 heterocycles. The number of anilines is 1. The lowest BCUT2D eigenvalue weighted by atomic mass is 10.1. The third kappa shape index (κ3) is 5.68. The molecule has 0 radical (unpaired) electrons. The number of nitro benzene ring substituents is 1. The van der Waals surface area contributed by atoms with Crippen LogP contribution in [0.1, 0.15) is 17.4 Å². The van der Waals surface area contributed by atoms with E-state index in [1.165, 1.54) is 30.3 Å². The average Bonchev–Trinajstić information content (AvgIpc) is 3.26. The number of thiophene rings is 1. The summed E-state index contributed by atoms with van der Waals surface area (Å²) in [5.41, 5.74) is 0.492. The minimum absolute atomic E-state index is 0.0239. The van der Waals surface area contributed by atoms with E-state index < -0.39 is 25.5 Å². The lowest BCUT2D eigenvalue weighted by Gasteiger charge is -2.20. The van der Waals surface area contributed by atoms with E-state index in [-0.39, 0.29) is 18.0 Å². The SMILES string of the molecule is CCN(Cc1cccs1)C(=O)Cc1ccc(NS(=O)(=O)c2ccccc2[N+](=O)[O-])cc1. The molecule has 0 saturated heterocycles. The van der Waals surface area contributed by atoms with Crippen LogP contribution in [-0.2, 0) is 27.8 Å². The summed E-state index contributed by atoms with van der Waals surface area (Å²) in [4.78, 5) is 25.5. The number of carbonyl (C=O) groups is 1. The van der Waals surface area contributed by atoms with Crippen molar-refractivity contribution in [3.05, 3.63) is 86.6 Å². The molecule has 3 aromatic rings. The third-order valence-corrected chi connectivity index (χ3v) is 6.86. The number of nitrogens with one attached hydrogen (secondary N) is 1. The number of nitro groups is 1.